The van der Waals surface area contributed by atoms with Crippen molar-refractivity contribution in [3.05, 3.63) is 108 Å². The van der Waals surface area contributed by atoms with Gasteiger partial charge in [-0.25, -0.2) is 4.98 Å². The van der Waals surface area contributed by atoms with Crippen LogP contribution in [0.5, 0.6) is 0 Å². The Morgan fingerprint density at radius 1 is 0.846 bits per heavy atom. The molecule has 3 nitrogen and oxygen atoms in total. The van der Waals surface area contributed by atoms with E-state index in [0.717, 1.165) is 26.9 Å². The Balaban J connectivity index is 1.57. The van der Waals surface area contributed by atoms with Crippen molar-refractivity contribution in [3.63, 3.8) is 0 Å². The van der Waals surface area contributed by atoms with Crippen molar-refractivity contribution in [1.82, 2.24) is 14.5 Å². The molecule has 2 unspecified atom stereocenters. The van der Waals surface area contributed by atoms with E-state index in [1.807, 2.05) is 11.8 Å². The van der Waals surface area contributed by atoms with Crippen LogP contribution < -0.4 is 0 Å². The molecule has 0 N–H and O–H groups in total. The highest BCUT2D eigenvalue weighted by molar-refractivity contribution is 8.00. The quantitative estimate of drug-likeness (QED) is 0.188. The molecule has 39 heavy (non-hydrogen) atoms. The Morgan fingerprint density at radius 3 is 2.46 bits per heavy atom. The van der Waals surface area contributed by atoms with Crippen LogP contribution >= 0.6 is 34.7 Å². The first kappa shape index (κ1) is 22.2. The summed E-state index contributed by atoms with van der Waals surface area (Å²) in [6.45, 7) is 2.38. The second-order valence-electron chi connectivity index (χ2n) is 10.5. The third-order valence-corrected chi connectivity index (χ3v) is 11.3. The van der Waals surface area contributed by atoms with Crippen LogP contribution in [0.3, 0.4) is 0 Å². The predicted octanol–water partition coefficient (Wildman–Crippen LogP) is 9.61. The van der Waals surface area contributed by atoms with Crippen LogP contribution in [0, 0.1) is 0 Å². The number of hydrogen-bond acceptors (Lipinski definition) is 4. The van der Waals surface area contributed by atoms with E-state index in [-0.39, 0.29) is 10.7 Å². The summed E-state index contributed by atoms with van der Waals surface area (Å²) < 4.78 is 4.61. The molecule has 0 saturated carbocycles. The number of thioether (sulfide) groups is 1. The summed E-state index contributed by atoms with van der Waals surface area (Å²) in [5, 5.41) is 6.80. The second kappa shape index (κ2) is 7.72. The van der Waals surface area contributed by atoms with Crippen LogP contribution in [0.25, 0.3) is 58.7 Å². The highest BCUT2D eigenvalue weighted by Gasteiger charge is 2.45. The molecule has 2 aliphatic rings. The molecular formula is C33H20ClN3S2. The molecule has 186 valence electrons. The lowest BCUT2D eigenvalue weighted by molar-refractivity contribution is 0.624. The fourth-order valence-corrected chi connectivity index (χ4v) is 9.55. The Labute approximate surface area is 237 Å². The maximum absolute atomic E-state index is 6.70. The van der Waals surface area contributed by atoms with Gasteiger partial charge in [0.25, 0.3) is 0 Å². The van der Waals surface area contributed by atoms with Gasteiger partial charge in [0.1, 0.15) is 0 Å². The average Bonchev–Trinajstić information content (AvgIpc) is 3.60. The zero-order valence-electron chi connectivity index (χ0n) is 20.9. The molecule has 9 rings (SSSR count). The Hall–Kier alpha value is -3.64. The molecular weight excluding hydrogens is 538 g/mol. The van der Waals surface area contributed by atoms with Gasteiger partial charge in [-0.3, -0.25) is 4.57 Å². The van der Waals surface area contributed by atoms with E-state index in [1.165, 1.54) is 42.2 Å². The number of aromatic nitrogens is 3. The second-order valence-corrected chi connectivity index (χ2v) is 13.0. The fourth-order valence-electron chi connectivity index (χ4n) is 6.66. The predicted molar refractivity (Wildman–Crippen MR) is 167 cm³/mol. The standard InChI is InChI=1S/C33H20ClN3S2/c1-33-17-9-8-16-24(33)39-29-19-11-3-2-10-18(19)25-20-12-4-6-14-22(20)37(28(25)26(29)33)31-30-27(35-32(34)36-31)21-13-5-7-15-23(21)38-30/h2-17,24H,1H3. The number of hydrogen-bond donors (Lipinski definition) is 0. The number of nitrogens with zero attached hydrogens (tertiary/aromatic N) is 3. The summed E-state index contributed by atoms with van der Waals surface area (Å²) in [4.78, 5) is 11.0. The molecule has 7 aromatic rings. The van der Waals surface area contributed by atoms with Gasteiger partial charge in [-0.2, -0.15) is 4.98 Å². The van der Waals surface area contributed by atoms with Crippen LogP contribution in [0.2, 0.25) is 5.28 Å². The van der Waals surface area contributed by atoms with Crippen molar-refractivity contribution >= 4 is 87.6 Å². The molecule has 6 heteroatoms. The minimum atomic E-state index is -0.154. The Morgan fingerprint density at radius 2 is 1.59 bits per heavy atom. The molecule has 0 amide bonds. The normalized spacial score (nSPS) is 20.1. The number of fused-ring (bicyclic) bond motifs is 13. The number of allylic oxidation sites excluding steroid dienone is 3. The van der Waals surface area contributed by atoms with Crippen molar-refractivity contribution in [2.45, 2.75) is 22.5 Å². The van der Waals surface area contributed by atoms with Crippen molar-refractivity contribution < 1.29 is 0 Å². The Bertz CT molecular complexity index is 2260. The lowest BCUT2D eigenvalue weighted by Crippen LogP contribution is -2.28. The Kier molecular flexibility index (Phi) is 4.40. The molecule has 1 aliphatic carbocycles. The van der Waals surface area contributed by atoms with Gasteiger partial charge in [-0.1, -0.05) is 91.9 Å². The van der Waals surface area contributed by atoms with Gasteiger partial charge in [0, 0.05) is 42.0 Å². The largest absolute Gasteiger partial charge is 0.292 e. The SMILES string of the molecule is CC12C=CC=CC1Sc1c2c2c(c3ccccc13)c1ccccc1n2-c1nc(Cl)nc2c1sc1ccccc12. The average molecular weight is 558 g/mol. The van der Waals surface area contributed by atoms with Gasteiger partial charge in [-0.05, 0) is 34.5 Å². The molecule has 0 fully saturated rings. The summed E-state index contributed by atoms with van der Waals surface area (Å²) in [5.74, 6) is 0.849. The van der Waals surface area contributed by atoms with E-state index >= 15 is 0 Å². The van der Waals surface area contributed by atoms with E-state index in [1.54, 1.807) is 11.3 Å². The fraction of sp³-hybridized carbons (Fsp3) is 0.0909. The van der Waals surface area contributed by atoms with Gasteiger partial charge in [0.15, 0.2) is 5.82 Å². The topological polar surface area (TPSA) is 30.7 Å². The van der Waals surface area contributed by atoms with Crippen molar-refractivity contribution in [2.24, 2.45) is 0 Å². The molecule has 2 atom stereocenters. The minimum Gasteiger partial charge on any atom is -0.292 e. The van der Waals surface area contributed by atoms with E-state index in [2.05, 4.69) is 109 Å². The number of benzene rings is 4. The third kappa shape index (κ3) is 2.80. The minimum absolute atomic E-state index is 0.154. The summed E-state index contributed by atoms with van der Waals surface area (Å²) in [7, 11) is 0. The first-order chi connectivity index (χ1) is 19.1. The van der Waals surface area contributed by atoms with Crippen LogP contribution in [0.15, 0.2) is 102 Å². The molecule has 0 radical (unpaired) electrons. The molecule has 4 aromatic carbocycles. The molecule has 0 bridgehead atoms. The van der Waals surface area contributed by atoms with Crippen LogP contribution in [-0.4, -0.2) is 19.8 Å². The highest BCUT2D eigenvalue weighted by atomic mass is 35.5. The zero-order valence-corrected chi connectivity index (χ0v) is 23.2. The molecule has 1 aliphatic heterocycles. The van der Waals surface area contributed by atoms with E-state index in [9.17, 15) is 0 Å². The van der Waals surface area contributed by atoms with Crippen molar-refractivity contribution in [2.75, 3.05) is 0 Å². The smallest absolute Gasteiger partial charge is 0.225 e. The number of halogens is 1. The summed E-state index contributed by atoms with van der Waals surface area (Å²) in [6.07, 6.45) is 9.12. The summed E-state index contributed by atoms with van der Waals surface area (Å²) >= 11 is 10.4. The van der Waals surface area contributed by atoms with E-state index < -0.39 is 0 Å². The maximum atomic E-state index is 6.70. The van der Waals surface area contributed by atoms with Gasteiger partial charge in [-0.15, -0.1) is 23.1 Å². The first-order valence-corrected chi connectivity index (χ1v) is 15.1. The molecule has 4 heterocycles. The number of thiophene rings is 1. The summed E-state index contributed by atoms with van der Waals surface area (Å²) in [5.41, 5.74) is 4.47. The summed E-state index contributed by atoms with van der Waals surface area (Å²) in [6, 6.07) is 26.0. The lowest BCUT2D eigenvalue weighted by Gasteiger charge is -2.29. The molecule has 0 saturated heterocycles. The number of para-hydroxylation sites is 1. The monoisotopic (exact) mass is 557 g/mol. The van der Waals surface area contributed by atoms with Gasteiger partial charge < -0.3 is 0 Å². The van der Waals surface area contributed by atoms with Crippen molar-refractivity contribution in [3.8, 4) is 5.82 Å². The van der Waals surface area contributed by atoms with Crippen LogP contribution in [0.1, 0.15) is 12.5 Å². The van der Waals surface area contributed by atoms with Gasteiger partial charge >= 0.3 is 0 Å². The van der Waals surface area contributed by atoms with Gasteiger partial charge in [0.05, 0.1) is 21.3 Å². The zero-order chi connectivity index (χ0) is 25.9. The molecule has 3 aromatic heterocycles. The van der Waals surface area contributed by atoms with Crippen LogP contribution in [-0.2, 0) is 5.41 Å². The molecule has 0 spiro atoms. The maximum Gasteiger partial charge on any atom is 0.225 e. The van der Waals surface area contributed by atoms with E-state index in [0.29, 0.717) is 5.25 Å². The van der Waals surface area contributed by atoms with E-state index in [4.69, 9.17) is 21.6 Å². The lowest BCUT2D eigenvalue weighted by atomic mass is 9.75. The highest BCUT2D eigenvalue weighted by Crippen LogP contribution is 2.58. The van der Waals surface area contributed by atoms with Crippen LogP contribution in [0.4, 0.5) is 0 Å². The first-order valence-electron chi connectivity index (χ1n) is 13.0. The van der Waals surface area contributed by atoms with Crippen molar-refractivity contribution in [1.29, 1.82) is 0 Å². The number of rotatable bonds is 1. The third-order valence-electron chi connectivity index (χ3n) is 8.38. The van der Waals surface area contributed by atoms with Gasteiger partial charge in [0.2, 0.25) is 5.28 Å².